The zero-order valence-electron chi connectivity index (χ0n) is 65.7. The Morgan fingerprint density at radius 1 is 0.133 bits per heavy atom. The number of rotatable bonds is 11. The van der Waals surface area contributed by atoms with E-state index in [0.29, 0.717) is 0 Å². The summed E-state index contributed by atoms with van der Waals surface area (Å²) in [6, 6.07) is 170. The third-order valence-corrected chi connectivity index (χ3v) is 26.0. The lowest BCUT2D eigenvalue weighted by Crippen LogP contribution is -2.28. The first-order valence-corrected chi connectivity index (χ1v) is 41.6. The van der Waals surface area contributed by atoms with Crippen molar-refractivity contribution in [3.05, 3.63) is 506 Å². The van der Waals surface area contributed by atoms with Gasteiger partial charge in [-0.2, -0.15) is 0 Å². The second-order valence-electron chi connectivity index (χ2n) is 32.1. The molecule has 0 N–H and O–H groups in total. The molecule has 4 nitrogen and oxygen atoms in total. The molecule has 19 aromatic carbocycles. The zero-order chi connectivity index (χ0) is 79.0. The molecule has 4 heteroatoms. The topological polar surface area (TPSA) is 19.7 Å². The summed E-state index contributed by atoms with van der Waals surface area (Å²) in [5.74, 6) is 0. The fourth-order valence-electron chi connectivity index (χ4n) is 20.9. The second-order valence-corrected chi connectivity index (χ2v) is 32.1. The van der Waals surface area contributed by atoms with E-state index in [2.05, 4.69) is 479 Å². The molecule has 0 radical (unpaired) electrons. The first-order chi connectivity index (χ1) is 59.5. The predicted molar refractivity (Wildman–Crippen MR) is 501 cm³/mol. The van der Waals surface area contributed by atoms with Crippen LogP contribution in [-0.4, -0.2) is 18.3 Å². The fraction of sp³-hybridized carbons (Fsp3) is 0.0172. The highest BCUT2D eigenvalue weighted by Crippen LogP contribution is 2.60. The number of hydrogen-bond donors (Lipinski definition) is 0. The molecule has 25 rings (SSSR count). The molecule has 4 aromatic heterocycles. The van der Waals surface area contributed by atoms with E-state index in [1.54, 1.807) is 0 Å². The lowest BCUT2D eigenvalue weighted by atomic mass is 9.67. The van der Waals surface area contributed by atoms with E-state index in [1.165, 1.54) is 193 Å². The molecule has 2 aliphatic rings. The number of benzene rings is 19. The summed E-state index contributed by atoms with van der Waals surface area (Å²) < 4.78 is 9.74. The molecule has 0 saturated carbocycles. The smallest absolute Gasteiger partial charge is 0.0714 e. The van der Waals surface area contributed by atoms with Gasteiger partial charge in [-0.3, -0.25) is 0 Å². The monoisotopic (exact) mass is 1520 g/mol. The van der Waals surface area contributed by atoms with Crippen molar-refractivity contribution in [2.75, 3.05) is 0 Å². The van der Waals surface area contributed by atoms with Crippen LogP contribution in [0.5, 0.6) is 0 Å². The van der Waals surface area contributed by atoms with Gasteiger partial charge >= 0.3 is 0 Å². The van der Waals surface area contributed by atoms with Crippen LogP contribution in [0.15, 0.2) is 461 Å². The maximum absolute atomic E-state index is 2.51. The van der Waals surface area contributed by atoms with Crippen LogP contribution in [0.1, 0.15) is 44.5 Å². The maximum Gasteiger partial charge on any atom is 0.0714 e. The molecule has 23 aromatic rings. The summed E-state index contributed by atoms with van der Waals surface area (Å²) in [6.45, 7) is 0. The highest BCUT2D eigenvalue weighted by atomic mass is 15.0. The largest absolute Gasteiger partial charge is 0.309 e. The van der Waals surface area contributed by atoms with Gasteiger partial charge in [-0.1, -0.05) is 328 Å². The van der Waals surface area contributed by atoms with Crippen molar-refractivity contribution in [2.45, 2.75) is 10.8 Å². The van der Waals surface area contributed by atoms with Gasteiger partial charge in [0.05, 0.1) is 55.0 Å². The van der Waals surface area contributed by atoms with Crippen molar-refractivity contribution in [1.82, 2.24) is 18.3 Å². The van der Waals surface area contributed by atoms with Crippen molar-refractivity contribution < 1.29 is 0 Å². The molecule has 120 heavy (non-hydrogen) atoms. The van der Waals surface area contributed by atoms with E-state index in [1.807, 2.05) is 0 Å². The number of aromatic nitrogens is 4. The molecule has 560 valence electrons. The molecule has 0 unspecified atom stereocenters. The predicted octanol–water partition coefficient (Wildman–Crippen LogP) is 29.5. The molecule has 0 atom stereocenters. The quantitative estimate of drug-likeness (QED) is 0.123. The summed E-state index contributed by atoms with van der Waals surface area (Å²) >= 11 is 0. The van der Waals surface area contributed by atoms with Crippen LogP contribution < -0.4 is 0 Å². The van der Waals surface area contributed by atoms with Crippen LogP contribution in [0.2, 0.25) is 0 Å². The van der Waals surface area contributed by atoms with Gasteiger partial charge in [0.15, 0.2) is 0 Å². The molecule has 0 saturated heterocycles. The first-order valence-electron chi connectivity index (χ1n) is 41.6. The molecule has 0 aliphatic heterocycles. The highest BCUT2D eigenvalue weighted by molar-refractivity contribution is 6.17. The Balaban J connectivity index is 0.000000137. The third kappa shape index (κ3) is 10.4. The molecule has 0 amide bonds. The summed E-state index contributed by atoms with van der Waals surface area (Å²) in [5, 5.41) is 9.99. The van der Waals surface area contributed by atoms with Crippen molar-refractivity contribution in [1.29, 1.82) is 0 Å². The van der Waals surface area contributed by atoms with Crippen LogP contribution in [0.25, 0.3) is 166 Å². The Morgan fingerprint density at radius 2 is 0.392 bits per heavy atom. The van der Waals surface area contributed by atoms with Crippen LogP contribution in [0.3, 0.4) is 0 Å². The molecule has 0 spiro atoms. The molecule has 0 bridgehead atoms. The second kappa shape index (κ2) is 27.5. The van der Waals surface area contributed by atoms with Crippen LogP contribution in [0, 0.1) is 0 Å². The van der Waals surface area contributed by atoms with E-state index in [9.17, 15) is 0 Å². The number of para-hydroxylation sites is 5. The summed E-state index contributed by atoms with van der Waals surface area (Å²) in [4.78, 5) is 0. The molecular weight excluding hydrogens is 1450 g/mol. The van der Waals surface area contributed by atoms with Gasteiger partial charge < -0.3 is 18.3 Å². The van der Waals surface area contributed by atoms with Gasteiger partial charge in [0.1, 0.15) is 0 Å². The summed E-state index contributed by atoms with van der Waals surface area (Å²) in [7, 11) is 0. The Bertz CT molecular complexity index is 7900. The average Bonchev–Trinajstić information content (AvgIpc) is 1.52. The lowest BCUT2D eigenvalue weighted by Gasteiger charge is -2.34. The molecule has 4 heterocycles. The summed E-state index contributed by atoms with van der Waals surface area (Å²) in [6.07, 6.45) is 0. The fourth-order valence-corrected chi connectivity index (χ4v) is 20.9. The van der Waals surface area contributed by atoms with Crippen LogP contribution >= 0.6 is 0 Å². The van der Waals surface area contributed by atoms with Gasteiger partial charge in [-0.15, -0.1) is 0 Å². The van der Waals surface area contributed by atoms with Gasteiger partial charge in [-0.25, -0.2) is 0 Å². The van der Waals surface area contributed by atoms with E-state index in [0.717, 1.165) is 17.1 Å². The Hall–Kier alpha value is -15.6. The Kier molecular flexibility index (Phi) is 15.8. The molecular formula is C116H76N4. The SMILES string of the molecule is c1ccc(-c2cccc(-n3c4ccccc4c4cc(-c5ccc6c(c5)c5cc7c(cc5n6-c5ccccc5)C(c5ccccc5)(c5ccccc5)c5ccccc5-7)ccc43)c2)cc1.c1ccc(-n2c3ccccc3c3cc(-c4ccc5c(c4)c4cc6c(cc4n5-c4ccccc4)C(c4ccccc4)(c4ccccc4)c4ccccc4-6)ccc32)cc1. The van der Waals surface area contributed by atoms with E-state index in [-0.39, 0.29) is 0 Å². The highest BCUT2D eigenvalue weighted by Gasteiger charge is 2.48. The zero-order valence-corrected chi connectivity index (χ0v) is 65.7. The standard InChI is InChI=1S/C61H40N2.C55H36N2/c1-5-18-41(19-6-1)42-20-17-27-48(36-42)63-57-31-16-14-29-50(57)52-37-43(32-34-58(52)63)44-33-35-59-53(38-44)54-39-51-49-28-13-15-30-55(49)61(45-21-7-2-8-22-45,46-23-9-3-10-24-46)56(51)40-60(54)62(59)47-25-11-4-12-26-47;1-5-17-39(18-6-1)55(40-19-7-2-8-20-40)49-27-15-13-25-43(49)45-35-48-47-34-38(30-32-53(47)57(54(48)36-50(45)55)42-23-11-4-12-24-42)37-29-31-52-46(33-37)44-26-14-16-28-51(44)56(52)41-21-9-3-10-22-41/h1-40H;1-36H. The average molecular weight is 1530 g/mol. The number of fused-ring (bicyclic) bond motifs is 18. The van der Waals surface area contributed by atoms with Crippen LogP contribution in [0.4, 0.5) is 0 Å². The normalized spacial score (nSPS) is 13.0. The minimum atomic E-state index is -0.483. The van der Waals surface area contributed by atoms with Gasteiger partial charge in [0, 0.05) is 65.8 Å². The maximum atomic E-state index is 2.51. The van der Waals surface area contributed by atoms with Crippen molar-refractivity contribution in [3.8, 4) is 78.4 Å². The first kappa shape index (κ1) is 68.8. The third-order valence-electron chi connectivity index (χ3n) is 26.0. The van der Waals surface area contributed by atoms with Crippen LogP contribution in [-0.2, 0) is 10.8 Å². The van der Waals surface area contributed by atoms with E-state index < -0.39 is 10.8 Å². The minimum absolute atomic E-state index is 0.472. The molecule has 0 fully saturated rings. The Labute approximate surface area is 695 Å². The Morgan fingerprint density at radius 3 is 0.767 bits per heavy atom. The molecule has 2 aliphatic carbocycles. The van der Waals surface area contributed by atoms with Crippen molar-refractivity contribution >= 4 is 87.2 Å². The number of hydrogen-bond acceptors (Lipinski definition) is 0. The van der Waals surface area contributed by atoms with E-state index >= 15 is 0 Å². The number of nitrogens with zero attached hydrogens (tertiary/aromatic N) is 4. The lowest BCUT2D eigenvalue weighted by molar-refractivity contribution is 0.769. The summed E-state index contributed by atoms with van der Waals surface area (Å²) in [5.41, 5.74) is 36.0. The van der Waals surface area contributed by atoms with Gasteiger partial charge in [-0.05, 0) is 234 Å². The van der Waals surface area contributed by atoms with E-state index in [4.69, 9.17) is 0 Å². The van der Waals surface area contributed by atoms with Crippen molar-refractivity contribution in [3.63, 3.8) is 0 Å². The van der Waals surface area contributed by atoms with Crippen molar-refractivity contribution in [2.24, 2.45) is 0 Å². The minimum Gasteiger partial charge on any atom is -0.309 e. The van der Waals surface area contributed by atoms with Gasteiger partial charge in [0.25, 0.3) is 0 Å². The van der Waals surface area contributed by atoms with Gasteiger partial charge in [0.2, 0.25) is 0 Å².